The SMILES string of the molecule is CC1CCCN(C(=O)COc2cccc(CN)c2)C1.Cl. The number of likely N-dealkylation sites (tertiary alicyclic amines) is 1. The molecule has 20 heavy (non-hydrogen) atoms. The number of rotatable bonds is 4. The summed E-state index contributed by atoms with van der Waals surface area (Å²) in [6.45, 7) is 4.49. The van der Waals surface area contributed by atoms with Gasteiger partial charge < -0.3 is 15.4 Å². The maximum atomic E-state index is 12.0. The van der Waals surface area contributed by atoms with Gasteiger partial charge in [0.2, 0.25) is 0 Å². The molecule has 5 heteroatoms. The van der Waals surface area contributed by atoms with Crippen LogP contribution in [0.1, 0.15) is 25.3 Å². The van der Waals surface area contributed by atoms with Crippen molar-refractivity contribution >= 4 is 18.3 Å². The van der Waals surface area contributed by atoms with Gasteiger partial charge in [0.25, 0.3) is 5.91 Å². The predicted octanol–water partition coefficient (Wildman–Crippen LogP) is 2.20. The average molecular weight is 299 g/mol. The van der Waals surface area contributed by atoms with E-state index in [9.17, 15) is 4.79 Å². The van der Waals surface area contributed by atoms with E-state index in [1.165, 1.54) is 6.42 Å². The molecule has 1 amide bonds. The molecule has 1 heterocycles. The fourth-order valence-electron chi connectivity index (χ4n) is 2.41. The summed E-state index contributed by atoms with van der Waals surface area (Å²) < 4.78 is 5.55. The Morgan fingerprint density at radius 3 is 3.00 bits per heavy atom. The van der Waals surface area contributed by atoms with E-state index in [0.29, 0.717) is 18.2 Å². The van der Waals surface area contributed by atoms with E-state index in [0.717, 1.165) is 25.1 Å². The lowest BCUT2D eigenvalue weighted by Gasteiger charge is -2.30. The van der Waals surface area contributed by atoms with Gasteiger partial charge in [-0.25, -0.2) is 0 Å². The zero-order chi connectivity index (χ0) is 13.7. The molecule has 1 aliphatic heterocycles. The third kappa shape index (κ3) is 4.69. The van der Waals surface area contributed by atoms with Crippen molar-refractivity contribution < 1.29 is 9.53 Å². The van der Waals surface area contributed by atoms with E-state index in [-0.39, 0.29) is 24.9 Å². The second kappa shape index (κ2) is 8.12. The minimum absolute atomic E-state index is 0. The first-order chi connectivity index (χ1) is 9.19. The maximum Gasteiger partial charge on any atom is 0.260 e. The smallest absolute Gasteiger partial charge is 0.260 e. The van der Waals surface area contributed by atoms with Crippen molar-refractivity contribution in [3.63, 3.8) is 0 Å². The molecular weight excluding hydrogens is 276 g/mol. The predicted molar refractivity (Wildman–Crippen MR) is 82.1 cm³/mol. The van der Waals surface area contributed by atoms with Crippen molar-refractivity contribution in [1.82, 2.24) is 4.90 Å². The molecule has 2 rings (SSSR count). The Labute approximate surface area is 126 Å². The number of hydrogen-bond donors (Lipinski definition) is 1. The lowest BCUT2D eigenvalue weighted by atomic mass is 10.0. The Hall–Kier alpha value is -1.26. The molecule has 112 valence electrons. The minimum Gasteiger partial charge on any atom is -0.484 e. The summed E-state index contributed by atoms with van der Waals surface area (Å²) in [5.74, 6) is 1.38. The lowest BCUT2D eigenvalue weighted by molar-refractivity contribution is -0.135. The minimum atomic E-state index is 0. The Morgan fingerprint density at radius 2 is 2.30 bits per heavy atom. The first-order valence-electron chi connectivity index (χ1n) is 6.88. The lowest BCUT2D eigenvalue weighted by Crippen LogP contribution is -2.41. The number of nitrogens with zero attached hydrogens (tertiary/aromatic N) is 1. The summed E-state index contributed by atoms with van der Waals surface area (Å²) in [5, 5.41) is 0. The standard InChI is InChI=1S/C15H22N2O2.ClH/c1-12-4-3-7-17(10-12)15(18)11-19-14-6-2-5-13(8-14)9-16;/h2,5-6,8,12H,3-4,7,9-11,16H2,1H3;1H. The van der Waals surface area contributed by atoms with Gasteiger partial charge in [0.05, 0.1) is 0 Å². The molecule has 0 aliphatic carbocycles. The summed E-state index contributed by atoms with van der Waals surface area (Å²) in [6.07, 6.45) is 2.30. The molecule has 1 aromatic rings. The summed E-state index contributed by atoms with van der Waals surface area (Å²) in [6, 6.07) is 7.57. The molecule has 0 spiro atoms. The number of ether oxygens (including phenoxy) is 1. The molecule has 0 radical (unpaired) electrons. The number of hydrogen-bond acceptors (Lipinski definition) is 3. The molecule has 1 aromatic carbocycles. The van der Waals surface area contributed by atoms with Crippen LogP contribution in [0.3, 0.4) is 0 Å². The van der Waals surface area contributed by atoms with Crippen LogP contribution in [0.25, 0.3) is 0 Å². The van der Waals surface area contributed by atoms with E-state index < -0.39 is 0 Å². The molecular formula is C15H23ClN2O2. The molecule has 1 aliphatic rings. The van der Waals surface area contributed by atoms with Gasteiger partial charge in [0.15, 0.2) is 6.61 Å². The fourth-order valence-corrected chi connectivity index (χ4v) is 2.41. The van der Waals surface area contributed by atoms with Gasteiger partial charge in [-0.05, 0) is 36.5 Å². The van der Waals surface area contributed by atoms with Crippen molar-refractivity contribution in [2.45, 2.75) is 26.3 Å². The normalized spacial score (nSPS) is 18.3. The Morgan fingerprint density at radius 1 is 1.50 bits per heavy atom. The van der Waals surface area contributed by atoms with Crippen LogP contribution in [0, 0.1) is 5.92 Å². The van der Waals surface area contributed by atoms with Crippen molar-refractivity contribution in [2.75, 3.05) is 19.7 Å². The van der Waals surface area contributed by atoms with Crippen LogP contribution in [0.5, 0.6) is 5.75 Å². The van der Waals surface area contributed by atoms with Crippen molar-refractivity contribution in [1.29, 1.82) is 0 Å². The molecule has 0 aromatic heterocycles. The van der Waals surface area contributed by atoms with Crippen LogP contribution in [-0.4, -0.2) is 30.5 Å². The second-order valence-corrected chi connectivity index (χ2v) is 5.23. The van der Waals surface area contributed by atoms with Gasteiger partial charge in [0.1, 0.15) is 5.75 Å². The van der Waals surface area contributed by atoms with Crippen LogP contribution >= 0.6 is 12.4 Å². The van der Waals surface area contributed by atoms with Crippen LogP contribution in [0.4, 0.5) is 0 Å². The third-order valence-corrected chi connectivity index (χ3v) is 3.51. The van der Waals surface area contributed by atoms with Gasteiger partial charge in [-0.3, -0.25) is 4.79 Å². The summed E-state index contributed by atoms with van der Waals surface area (Å²) in [4.78, 5) is 14.0. The molecule has 1 saturated heterocycles. The average Bonchev–Trinajstić information content (AvgIpc) is 2.45. The highest BCUT2D eigenvalue weighted by Gasteiger charge is 2.20. The molecule has 4 nitrogen and oxygen atoms in total. The van der Waals surface area contributed by atoms with Crippen molar-refractivity contribution in [2.24, 2.45) is 11.7 Å². The Bertz CT molecular complexity index is 440. The summed E-state index contributed by atoms with van der Waals surface area (Å²) in [7, 11) is 0. The molecule has 1 fully saturated rings. The second-order valence-electron chi connectivity index (χ2n) is 5.23. The van der Waals surface area contributed by atoms with Gasteiger partial charge in [0, 0.05) is 19.6 Å². The first kappa shape index (κ1) is 16.8. The molecule has 1 unspecified atom stereocenters. The van der Waals surface area contributed by atoms with E-state index in [1.54, 1.807) is 0 Å². The molecule has 1 atom stereocenters. The third-order valence-electron chi connectivity index (χ3n) is 3.51. The first-order valence-corrected chi connectivity index (χ1v) is 6.88. The fraction of sp³-hybridized carbons (Fsp3) is 0.533. The van der Waals surface area contributed by atoms with Crippen LogP contribution in [0.15, 0.2) is 24.3 Å². The van der Waals surface area contributed by atoms with Crippen LogP contribution in [0.2, 0.25) is 0 Å². The van der Waals surface area contributed by atoms with Gasteiger partial charge in [-0.15, -0.1) is 12.4 Å². The molecule has 0 bridgehead atoms. The maximum absolute atomic E-state index is 12.0. The van der Waals surface area contributed by atoms with Crippen LogP contribution < -0.4 is 10.5 Å². The Balaban J connectivity index is 0.00000200. The zero-order valence-electron chi connectivity index (χ0n) is 11.9. The highest BCUT2D eigenvalue weighted by atomic mass is 35.5. The quantitative estimate of drug-likeness (QED) is 0.927. The molecule has 0 saturated carbocycles. The van der Waals surface area contributed by atoms with Crippen molar-refractivity contribution in [3.8, 4) is 5.75 Å². The summed E-state index contributed by atoms with van der Waals surface area (Å²) >= 11 is 0. The largest absolute Gasteiger partial charge is 0.484 e. The van der Waals surface area contributed by atoms with E-state index >= 15 is 0 Å². The highest BCUT2D eigenvalue weighted by molar-refractivity contribution is 5.85. The van der Waals surface area contributed by atoms with Crippen LogP contribution in [-0.2, 0) is 11.3 Å². The summed E-state index contributed by atoms with van der Waals surface area (Å²) in [5.41, 5.74) is 6.59. The van der Waals surface area contributed by atoms with E-state index in [4.69, 9.17) is 10.5 Å². The van der Waals surface area contributed by atoms with Crippen molar-refractivity contribution in [3.05, 3.63) is 29.8 Å². The van der Waals surface area contributed by atoms with E-state index in [1.807, 2.05) is 29.2 Å². The molecule has 2 N–H and O–H groups in total. The van der Waals surface area contributed by atoms with E-state index in [2.05, 4.69) is 6.92 Å². The topological polar surface area (TPSA) is 55.6 Å². The number of halogens is 1. The van der Waals surface area contributed by atoms with Gasteiger partial charge in [-0.1, -0.05) is 19.1 Å². The highest BCUT2D eigenvalue weighted by Crippen LogP contribution is 2.16. The number of carbonyl (C=O) groups excluding carboxylic acids is 1. The number of amides is 1. The number of benzene rings is 1. The number of piperidine rings is 1. The van der Waals surface area contributed by atoms with Gasteiger partial charge in [-0.2, -0.15) is 0 Å². The van der Waals surface area contributed by atoms with Gasteiger partial charge >= 0.3 is 0 Å². The number of carbonyl (C=O) groups is 1. The Kier molecular flexibility index (Phi) is 6.82. The zero-order valence-corrected chi connectivity index (χ0v) is 12.7. The monoisotopic (exact) mass is 298 g/mol. The number of nitrogens with two attached hydrogens (primary N) is 1.